The second-order valence-corrected chi connectivity index (χ2v) is 6.07. The molecule has 28 heavy (non-hydrogen) atoms. The van der Waals surface area contributed by atoms with E-state index >= 15 is 0 Å². The minimum absolute atomic E-state index is 0.143. The number of ether oxygens (including phenoxy) is 1. The van der Waals surface area contributed by atoms with Gasteiger partial charge in [0.05, 0.1) is 17.7 Å². The fraction of sp³-hybridized carbons (Fsp3) is 0.263. The molecular weight excluding hydrogens is 377 g/mol. The van der Waals surface area contributed by atoms with Gasteiger partial charge in [-0.2, -0.15) is 13.2 Å². The highest BCUT2D eigenvalue weighted by Gasteiger charge is 2.34. The standard InChI is InChI=1S/C19H17F3N2O4/c1-3-27-17(25)15-10(2)23-18(26)24-16(15)14-8-7-13(28-14)11-5-4-6-12(9-11)19(20,21)22/h4-9,16H,3H2,1-2H3,(H2,23,24,26)/t16-/m0/s1. The molecule has 2 aromatic rings. The number of carbonyl (C=O) groups excluding carboxylic acids is 2. The summed E-state index contributed by atoms with van der Waals surface area (Å²) in [7, 11) is 0. The minimum atomic E-state index is -4.48. The third-order valence-corrected chi connectivity index (χ3v) is 4.15. The number of halogens is 3. The molecule has 2 heterocycles. The van der Waals surface area contributed by atoms with Gasteiger partial charge in [-0.1, -0.05) is 12.1 Å². The quantitative estimate of drug-likeness (QED) is 0.764. The van der Waals surface area contributed by atoms with Crippen molar-refractivity contribution in [2.75, 3.05) is 6.61 Å². The van der Waals surface area contributed by atoms with Crippen LogP contribution in [0.2, 0.25) is 0 Å². The monoisotopic (exact) mass is 394 g/mol. The summed E-state index contributed by atoms with van der Waals surface area (Å²) in [5.74, 6) is -0.256. The van der Waals surface area contributed by atoms with Gasteiger partial charge in [-0.3, -0.25) is 0 Å². The van der Waals surface area contributed by atoms with E-state index in [0.717, 1.165) is 12.1 Å². The molecule has 3 rings (SSSR count). The predicted molar refractivity (Wildman–Crippen MR) is 92.9 cm³/mol. The molecule has 1 aliphatic heterocycles. The lowest BCUT2D eigenvalue weighted by molar-refractivity contribution is -0.139. The number of hydrogen-bond acceptors (Lipinski definition) is 4. The van der Waals surface area contributed by atoms with Gasteiger partial charge < -0.3 is 19.8 Å². The lowest BCUT2D eigenvalue weighted by Crippen LogP contribution is -2.45. The van der Waals surface area contributed by atoms with Crippen molar-refractivity contribution in [2.45, 2.75) is 26.1 Å². The van der Waals surface area contributed by atoms with E-state index in [1.54, 1.807) is 13.8 Å². The first-order valence-electron chi connectivity index (χ1n) is 8.43. The summed E-state index contributed by atoms with van der Waals surface area (Å²) in [4.78, 5) is 24.1. The number of amides is 2. The highest BCUT2D eigenvalue weighted by Crippen LogP contribution is 2.35. The molecule has 0 spiro atoms. The molecule has 2 N–H and O–H groups in total. The Morgan fingerprint density at radius 2 is 2.00 bits per heavy atom. The summed E-state index contributed by atoms with van der Waals surface area (Å²) >= 11 is 0. The number of nitrogens with one attached hydrogen (secondary N) is 2. The van der Waals surface area contributed by atoms with Crippen molar-refractivity contribution >= 4 is 12.0 Å². The summed E-state index contributed by atoms with van der Waals surface area (Å²) in [5.41, 5.74) is -0.114. The number of rotatable bonds is 4. The fourth-order valence-corrected chi connectivity index (χ4v) is 2.90. The van der Waals surface area contributed by atoms with Crippen LogP contribution in [0.3, 0.4) is 0 Å². The zero-order chi connectivity index (χ0) is 20.5. The molecule has 1 aliphatic rings. The predicted octanol–water partition coefficient (Wildman–Crippen LogP) is 4.16. The topological polar surface area (TPSA) is 80.6 Å². The Hall–Kier alpha value is -3.23. The Balaban J connectivity index is 1.97. The van der Waals surface area contributed by atoms with Crippen molar-refractivity contribution in [1.29, 1.82) is 0 Å². The summed E-state index contributed by atoms with van der Waals surface area (Å²) in [6.07, 6.45) is -4.48. The highest BCUT2D eigenvalue weighted by molar-refractivity contribution is 5.94. The van der Waals surface area contributed by atoms with Crippen LogP contribution in [0.5, 0.6) is 0 Å². The van der Waals surface area contributed by atoms with Gasteiger partial charge in [0.15, 0.2) is 0 Å². The zero-order valence-electron chi connectivity index (χ0n) is 15.0. The van der Waals surface area contributed by atoms with Gasteiger partial charge >= 0.3 is 18.2 Å². The second-order valence-electron chi connectivity index (χ2n) is 6.07. The van der Waals surface area contributed by atoms with E-state index in [0.29, 0.717) is 5.70 Å². The van der Waals surface area contributed by atoms with Crippen molar-refractivity contribution in [2.24, 2.45) is 0 Å². The number of allylic oxidation sites excluding steroid dienone is 1. The van der Waals surface area contributed by atoms with E-state index in [4.69, 9.17) is 9.15 Å². The van der Waals surface area contributed by atoms with Crippen LogP contribution in [0.15, 0.2) is 52.1 Å². The van der Waals surface area contributed by atoms with Gasteiger partial charge in [0.25, 0.3) is 0 Å². The maximum atomic E-state index is 12.9. The first-order valence-corrected chi connectivity index (χ1v) is 8.43. The zero-order valence-corrected chi connectivity index (χ0v) is 15.0. The van der Waals surface area contributed by atoms with Crippen LogP contribution in [-0.2, 0) is 15.7 Å². The van der Waals surface area contributed by atoms with Crippen LogP contribution in [0.4, 0.5) is 18.0 Å². The van der Waals surface area contributed by atoms with Crippen molar-refractivity contribution in [3.05, 3.63) is 59.0 Å². The molecule has 0 aliphatic carbocycles. The molecule has 0 radical (unpaired) electrons. The first-order chi connectivity index (χ1) is 13.2. The number of hydrogen-bond donors (Lipinski definition) is 2. The molecule has 1 atom stereocenters. The van der Waals surface area contributed by atoms with Crippen LogP contribution in [0.1, 0.15) is 31.2 Å². The van der Waals surface area contributed by atoms with E-state index in [2.05, 4.69) is 10.6 Å². The van der Waals surface area contributed by atoms with Gasteiger partial charge in [-0.25, -0.2) is 9.59 Å². The van der Waals surface area contributed by atoms with Crippen molar-refractivity contribution in [1.82, 2.24) is 10.6 Å². The van der Waals surface area contributed by atoms with E-state index < -0.39 is 29.8 Å². The van der Waals surface area contributed by atoms with Crippen LogP contribution >= 0.6 is 0 Å². The number of benzene rings is 1. The van der Waals surface area contributed by atoms with E-state index in [1.165, 1.54) is 24.3 Å². The molecule has 6 nitrogen and oxygen atoms in total. The Bertz CT molecular complexity index is 947. The summed E-state index contributed by atoms with van der Waals surface area (Å²) in [5, 5.41) is 5.06. The molecule has 1 aromatic heterocycles. The number of carbonyl (C=O) groups is 2. The lowest BCUT2D eigenvalue weighted by atomic mass is 10.0. The number of alkyl halides is 3. The molecule has 0 fully saturated rings. The molecule has 148 valence electrons. The Morgan fingerprint density at radius 1 is 1.25 bits per heavy atom. The molecule has 0 bridgehead atoms. The molecule has 9 heteroatoms. The highest BCUT2D eigenvalue weighted by atomic mass is 19.4. The first kappa shape index (κ1) is 19.5. The van der Waals surface area contributed by atoms with Crippen molar-refractivity contribution < 1.29 is 31.9 Å². The van der Waals surface area contributed by atoms with Crippen molar-refractivity contribution in [3.63, 3.8) is 0 Å². The van der Waals surface area contributed by atoms with Gasteiger partial charge in [-0.05, 0) is 38.1 Å². The fourth-order valence-electron chi connectivity index (χ4n) is 2.90. The van der Waals surface area contributed by atoms with Gasteiger partial charge in [0.2, 0.25) is 0 Å². The molecule has 0 saturated carbocycles. The Labute approximate surface area is 158 Å². The van der Waals surface area contributed by atoms with E-state index in [-0.39, 0.29) is 29.3 Å². The number of urea groups is 1. The van der Waals surface area contributed by atoms with Crippen LogP contribution in [-0.4, -0.2) is 18.6 Å². The normalized spacial score (nSPS) is 17.2. The number of esters is 1. The molecular formula is C19H17F3N2O4. The Morgan fingerprint density at radius 3 is 2.68 bits per heavy atom. The van der Waals surface area contributed by atoms with Crippen LogP contribution in [0.25, 0.3) is 11.3 Å². The third kappa shape index (κ3) is 3.88. The van der Waals surface area contributed by atoms with Gasteiger partial charge in [0, 0.05) is 11.3 Å². The average Bonchev–Trinajstić information content (AvgIpc) is 3.10. The summed E-state index contributed by atoms with van der Waals surface area (Å²) in [6, 6.07) is 6.21. The molecule has 2 amide bonds. The SMILES string of the molecule is CCOC(=O)C1=C(C)NC(=O)N[C@H]1c1ccc(-c2cccc(C(F)(F)F)c2)o1. The molecule has 0 saturated heterocycles. The number of furan rings is 1. The molecule has 0 unspecified atom stereocenters. The third-order valence-electron chi connectivity index (χ3n) is 4.15. The van der Waals surface area contributed by atoms with Crippen molar-refractivity contribution in [3.8, 4) is 11.3 Å². The van der Waals surface area contributed by atoms with E-state index in [9.17, 15) is 22.8 Å². The average molecular weight is 394 g/mol. The smallest absolute Gasteiger partial charge is 0.416 e. The largest absolute Gasteiger partial charge is 0.463 e. The Kier molecular flexibility index (Phi) is 5.17. The maximum absolute atomic E-state index is 12.9. The summed E-state index contributed by atoms with van der Waals surface area (Å²) in [6.45, 7) is 3.34. The summed E-state index contributed by atoms with van der Waals surface area (Å²) < 4.78 is 49.5. The minimum Gasteiger partial charge on any atom is -0.463 e. The van der Waals surface area contributed by atoms with Gasteiger partial charge in [-0.15, -0.1) is 0 Å². The maximum Gasteiger partial charge on any atom is 0.416 e. The van der Waals surface area contributed by atoms with E-state index in [1.807, 2.05) is 0 Å². The van der Waals surface area contributed by atoms with Gasteiger partial charge in [0.1, 0.15) is 17.6 Å². The van der Waals surface area contributed by atoms with Crippen LogP contribution < -0.4 is 10.6 Å². The lowest BCUT2D eigenvalue weighted by Gasteiger charge is -2.26. The second kappa shape index (κ2) is 7.41. The molecule has 1 aromatic carbocycles. The van der Waals surface area contributed by atoms with Crippen LogP contribution in [0, 0.1) is 0 Å².